The highest BCUT2D eigenvalue weighted by Gasteiger charge is 2.07. The van der Waals surface area contributed by atoms with Gasteiger partial charge in [0.1, 0.15) is 18.5 Å². The average Bonchev–Trinajstić information content (AvgIpc) is 2.94. The lowest BCUT2D eigenvalue weighted by Gasteiger charge is -2.03. The van der Waals surface area contributed by atoms with Gasteiger partial charge in [-0.3, -0.25) is 0 Å². The maximum absolute atomic E-state index is 5.64. The fraction of sp³-hybridized carbons (Fsp3) is 0.100. The summed E-state index contributed by atoms with van der Waals surface area (Å²) in [6.07, 6.45) is 3.02. The quantitative estimate of drug-likeness (QED) is 0.808. The molecule has 3 heterocycles. The zero-order valence-corrected chi connectivity index (χ0v) is 11.0. The van der Waals surface area contributed by atoms with Crippen LogP contribution in [-0.2, 0) is 6.61 Å². The van der Waals surface area contributed by atoms with Crippen LogP contribution in [0, 0.1) is 0 Å². The molecule has 86 valence electrons. The predicted octanol–water partition coefficient (Wildman–Crippen LogP) is 2.76. The molecular weight excluding hydrogens is 304 g/mol. The lowest BCUT2D eigenvalue weighted by Crippen LogP contribution is -1.96. The second-order valence-corrected chi connectivity index (χ2v) is 5.21. The SMILES string of the molecule is Brc1csc(COc2ncnc3nc[nH]c23)c1. The Morgan fingerprint density at radius 1 is 1.35 bits per heavy atom. The summed E-state index contributed by atoms with van der Waals surface area (Å²) in [6.45, 7) is 0.488. The molecule has 7 heteroatoms. The number of hydrogen-bond acceptors (Lipinski definition) is 5. The number of H-pyrrole nitrogens is 1. The van der Waals surface area contributed by atoms with E-state index in [4.69, 9.17) is 4.74 Å². The zero-order chi connectivity index (χ0) is 11.7. The normalized spacial score (nSPS) is 10.9. The number of fused-ring (bicyclic) bond motifs is 1. The van der Waals surface area contributed by atoms with Gasteiger partial charge >= 0.3 is 0 Å². The Morgan fingerprint density at radius 2 is 2.29 bits per heavy atom. The van der Waals surface area contributed by atoms with Crippen LogP contribution in [0.5, 0.6) is 5.88 Å². The minimum atomic E-state index is 0.488. The lowest BCUT2D eigenvalue weighted by atomic mass is 10.5. The molecule has 0 radical (unpaired) electrons. The summed E-state index contributed by atoms with van der Waals surface area (Å²) in [7, 11) is 0. The zero-order valence-electron chi connectivity index (χ0n) is 8.55. The van der Waals surface area contributed by atoms with Crippen molar-refractivity contribution in [2.24, 2.45) is 0 Å². The number of ether oxygens (including phenoxy) is 1. The number of nitrogens with one attached hydrogen (secondary N) is 1. The van der Waals surface area contributed by atoms with Crippen LogP contribution in [0.3, 0.4) is 0 Å². The Labute approximate surface area is 109 Å². The van der Waals surface area contributed by atoms with E-state index in [2.05, 4.69) is 35.9 Å². The fourth-order valence-corrected chi connectivity index (χ4v) is 2.78. The molecule has 0 amide bonds. The van der Waals surface area contributed by atoms with Crippen LogP contribution < -0.4 is 4.74 Å². The van der Waals surface area contributed by atoms with E-state index in [1.54, 1.807) is 17.7 Å². The Balaban J connectivity index is 1.83. The highest BCUT2D eigenvalue weighted by Crippen LogP contribution is 2.23. The third-order valence-corrected chi connectivity index (χ3v) is 3.83. The van der Waals surface area contributed by atoms with Gasteiger partial charge < -0.3 is 9.72 Å². The summed E-state index contributed by atoms with van der Waals surface area (Å²) in [5, 5.41) is 2.02. The van der Waals surface area contributed by atoms with Crippen LogP contribution in [0.15, 0.2) is 28.6 Å². The summed E-state index contributed by atoms with van der Waals surface area (Å²) in [5.74, 6) is 0.525. The Hall–Kier alpha value is -1.47. The molecule has 5 nitrogen and oxygen atoms in total. The second kappa shape index (κ2) is 4.42. The first kappa shape index (κ1) is 10.7. The molecule has 17 heavy (non-hydrogen) atoms. The lowest BCUT2D eigenvalue weighted by molar-refractivity contribution is 0.300. The predicted molar refractivity (Wildman–Crippen MR) is 68.0 cm³/mol. The molecule has 0 aliphatic heterocycles. The van der Waals surface area contributed by atoms with E-state index < -0.39 is 0 Å². The number of aromatic nitrogens is 4. The van der Waals surface area contributed by atoms with Crippen LogP contribution in [0.4, 0.5) is 0 Å². The maximum atomic E-state index is 5.64. The molecule has 0 bridgehead atoms. The highest BCUT2D eigenvalue weighted by molar-refractivity contribution is 9.10. The second-order valence-electron chi connectivity index (χ2n) is 3.30. The molecule has 0 spiro atoms. The van der Waals surface area contributed by atoms with Gasteiger partial charge in [-0.25, -0.2) is 9.97 Å². The van der Waals surface area contributed by atoms with Gasteiger partial charge in [0.25, 0.3) is 0 Å². The van der Waals surface area contributed by atoms with E-state index in [0.29, 0.717) is 18.1 Å². The van der Waals surface area contributed by atoms with Crippen molar-refractivity contribution in [2.45, 2.75) is 6.61 Å². The van der Waals surface area contributed by atoms with Crippen LogP contribution in [0.2, 0.25) is 0 Å². The van der Waals surface area contributed by atoms with Crippen LogP contribution in [0.25, 0.3) is 11.2 Å². The Kier molecular flexibility index (Phi) is 2.77. The third kappa shape index (κ3) is 2.16. The number of hydrogen-bond donors (Lipinski definition) is 1. The molecule has 3 aromatic heterocycles. The molecule has 0 unspecified atom stereocenters. The summed E-state index contributed by atoms with van der Waals surface area (Å²) in [6, 6.07) is 2.02. The topological polar surface area (TPSA) is 63.7 Å². The number of rotatable bonds is 3. The van der Waals surface area contributed by atoms with Gasteiger partial charge in [0.15, 0.2) is 5.65 Å². The van der Waals surface area contributed by atoms with E-state index in [-0.39, 0.29) is 0 Å². The molecule has 3 aromatic rings. The van der Waals surface area contributed by atoms with Crippen molar-refractivity contribution in [1.29, 1.82) is 0 Å². The molecule has 0 fully saturated rings. The van der Waals surface area contributed by atoms with Crippen molar-refractivity contribution in [3.05, 3.63) is 33.5 Å². The van der Waals surface area contributed by atoms with Gasteiger partial charge in [0, 0.05) is 14.7 Å². The van der Waals surface area contributed by atoms with Gasteiger partial charge in [-0.1, -0.05) is 0 Å². The summed E-state index contributed by atoms with van der Waals surface area (Å²) in [5.41, 5.74) is 1.34. The van der Waals surface area contributed by atoms with E-state index in [1.165, 1.54) is 6.33 Å². The monoisotopic (exact) mass is 310 g/mol. The summed E-state index contributed by atoms with van der Waals surface area (Å²) >= 11 is 5.04. The van der Waals surface area contributed by atoms with Crippen LogP contribution in [0.1, 0.15) is 4.88 Å². The van der Waals surface area contributed by atoms with E-state index in [1.807, 2.05) is 11.4 Å². The fourth-order valence-electron chi connectivity index (χ4n) is 1.42. The van der Waals surface area contributed by atoms with Crippen LogP contribution >= 0.6 is 27.3 Å². The van der Waals surface area contributed by atoms with Crippen molar-refractivity contribution < 1.29 is 4.74 Å². The molecule has 1 N–H and O–H groups in total. The van der Waals surface area contributed by atoms with Gasteiger partial charge in [-0.2, -0.15) is 4.98 Å². The molecule has 0 atom stereocenters. The molecule has 0 aromatic carbocycles. The van der Waals surface area contributed by atoms with Gasteiger partial charge in [-0.05, 0) is 22.0 Å². The highest BCUT2D eigenvalue weighted by atomic mass is 79.9. The molecule has 0 aliphatic carbocycles. The largest absolute Gasteiger partial charge is 0.470 e. The first-order chi connectivity index (χ1) is 8.33. The average molecular weight is 311 g/mol. The number of thiophene rings is 1. The molecule has 0 saturated carbocycles. The summed E-state index contributed by atoms with van der Waals surface area (Å²) < 4.78 is 6.71. The third-order valence-electron chi connectivity index (χ3n) is 2.16. The minimum Gasteiger partial charge on any atom is -0.470 e. The summed E-state index contributed by atoms with van der Waals surface area (Å²) in [4.78, 5) is 16.2. The Morgan fingerprint density at radius 3 is 3.12 bits per heavy atom. The first-order valence-electron chi connectivity index (χ1n) is 4.83. The van der Waals surface area contributed by atoms with Gasteiger partial charge in [0.05, 0.1) is 6.33 Å². The van der Waals surface area contributed by atoms with E-state index >= 15 is 0 Å². The number of imidazole rings is 1. The number of nitrogens with zero attached hydrogens (tertiary/aromatic N) is 3. The van der Waals surface area contributed by atoms with Gasteiger partial charge in [-0.15, -0.1) is 11.3 Å². The van der Waals surface area contributed by atoms with Crippen molar-refractivity contribution in [3.63, 3.8) is 0 Å². The smallest absolute Gasteiger partial charge is 0.243 e. The molecule has 3 rings (SSSR count). The minimum absolute atomic E-state index is 0.488. The molecular formula is C10H7BrN4OS. The van der Waals surface area contributed by atoms with Crippen molar-refractivity contribution in [2.75, 3.05) is 0 Å². The van der Waals surface area contributed by atoms with E-state index in [0.717, 1.165) is 14.9 Å². The number of aromatic amines is 1. The van der Waals surface area contributed by atoms with Gasteiger partial charge in [0.2, 0.25) is 5.88 Å². The maximum Gasteiger partial charge on any atom is 0.243 e. The van der Waals surface area contributed by atoms with Crippen molar-refractivity contribution >= 4 is 38.4 Å². The van der Waals surface area contributed by atoms with E-state index in [9.17, 15) is 0 Å². The van der Waals surface area contributed by atoms with Crippen molar-refractivity contribution in [3.8, 4) is 5.88 Å². The van der Waals surface area contributed by atoms with Crippen LogP contribution in [-0.4, -0.2) is 19.9 Å². The first-order valence-corrected chi connectivity index (χ1v) is 6.50. The number of halogens is 1. The van der Waals surface area contributed by atoms with Crippen molar-refractivity contribution in [1.82, 2.24) is 19.9 Å². The molecule has 0 aliphatic rings. The standard InChI is InChI=1S/C10H7BrN4OS/c11-6-1-7(17-3-6)2-16-10-8-9(13-4-12-8)14-5-15-10/h1,3-5H,2H2,(H,12,13,14,15). The molecule has 0 saturated heterocycles. The Bertz CT molecular complexity index is 650.